The van der Waals surface area contributed by atoms with Gasteiger partial charge in [0.2, 0.25) is 0 Å². The summed E-state index contributed by atoms with van der Waals surface area (Å²) >= 11 is 0. The monoisotopic (exact) mass is 714 g/mol. The summed E-state index contributed by atoms with van der Waals surface area (Å²) in [6.45, 7) is 8.76. The maximum absolute atomic E-state index is 2.50. The van der Waals surface area contributed by atoms with Gasteiger partial charge in [-0.1, -0.05) is 174 Å². The van der Waals surface area contributed by atoms with Gasteiger partial charge in [0.15, 0.2) is 0 Å². The fourth-order valence-corrected chi connectivity index (χ4v) is 9.24. The molecule has 10 aromatic carbocycles. The first kappa shape index (κ1) is 33.8. The van der Waals surface area contributed by atoms with Crippen molar-refractivity contribution in [3.63, 3.8) is 0 Å². The molecule has 0 aromatic heterocycles. The molecule has 0 unspecified atom stereocenters. The zero-order valence-corrected chi connectivity index (χ0v) is 32.3. The Bertz CT molecular complexity index is 3120. The molecule has 0 spiro atoms. The minimum absolute atomic E-state index is 1.22. The van der Waals surface area contributed by atoms with Gasteiger partial charge in [0, 0.05) is 0 Å². The molecule has 0 bridgehead atoms. The van der Waals surface area contributed by atoms with E-state index in [1.165, 1.54) is 121 Å². The summed E-state index contributed by atoms with van der Waals surface area (Å²) in [5.41, 5.74) is 17.5. The van der Waals surface area contributed by atoms with Crippen molar-refractivity contribution in [2.24, 2.45) is 0 Å². The second kappa shape index (κ2) is 13.5. The SMILES string of the molecule is Cc1cc(C)cc(-c2cccc(-c3c4ccccc4c(-c4cccc(-c5cc(C)cc(C)c5)c4)c4cc5c(cc34)c(-c3ccccc3)cc3ccccc35)c2)c1. The Hall–Kier alpha value is -6.76. The smallest absolute Gasteiger partial charge is 0.00259 e. The van der Waals surface area contributed by atoms with Gasteiger partial charge in [-0.3, -0.25) is 0 Å². The van der Waals surface area contributed by atoms with Crippen molar-refractivity contribution >= 4 is 43.1 Å². The first-order chi connectivity index (χ1) is 27.4. The second-order valence-electron chi connectivity index (χ2n) is 15.7. The Labute approximate surface area is 329 Å². The van der Waals surface area contributed by atoms with Crippen LogP contribution in [0.1, 0.15) is 22.3 Å². The van der Waals surface area contributed by atoms with E-state index in [4.69, 9.17) is 0 Å². The topological polar surface area (TPSA) is 0 Å². The molecular weight excluding hydrogens is 673 g/mol. The third kappa shape index (κ3) is 5.86. The third-order valence-corrected chi connectivity index (χ3v) is 11.5. The van der Waals surface area contributed by atoms with Gasteiger partial charge in [-0.2, -0.15) is 0 Å². The Morgan fingerprint density at radius 2 is 0.661 bits per heavy atom. The molecule has 0 N–H and O–H groups in total. The van der Waals surface area contributed by atoms with E-state index in [1.807, 2.05) is 0 Å². The van der Waals surface area contributed by atoms with Crippen molar-refractivity contribution in [2.75, 3.05) is 0 Å². The number of rotatable bonds is 5. The molecule has 10 aromatic rings. The highest BCUT2D eigenvalue weighted by molar-refractivity contribution is 6.27. The van der Waals surface area contributed by atoms with Crippen molar-refractivity contribution in [1.29, 1.82) is 0 Å². The van der Waals surface area contributed by atoms with Crippen LogP contribution in [0.3, 0.4) is 0 Å². The molecule has 0 fully saturated rings. The predicted octanol–water partition coefficient (Wildman–Crippen LogP) is 15.9. The highest BCUT2D eigenvalue weighted by Crippen LogP contribution is 2.48. The van der Waals surface area contributed by atoms with E-state index in [-0.39, 0.29) is 0 Å². The molecule has 0 aliphatic heterocycles. The zero-order chi connectivity index (χ0) is 37.9. The number of hydrogen-bond donors (Lipinski definition) is 0. The lowest BCUT2D eigenvalue weighted by Gasteiger charge is -2.21. The molecule has 0 heteroatoms. The van der Waals surface area contributed by atoms with Crippen LogP contribution in [0.25, 0.3) is 98.7 Å². The number of hydrogen-bond acceptors (Lipinski definition) is 0. The molecular formula is C56H42. The zero-order valence-electron chi connectivity index (χ0n) is 32.3. The van der Waals surface area contributed by atoms with Crippen LogP contribution in [-0.4, -0.2) is 0 Å². The average Bonchev–Trinajstić information content (AvgIpc) is 3.21. The maximum Gasteiger partial charge on any atom is -0.00259 e. The van der Waals surface area contributed by atoms with E-state index in [0.29, 0.717) is 0 Å². The van der Waals surface area contributed by atoms with Crippen LogP contribution < -0.4 is 0 Å². The fraction of sp³-hybridized carbons (Fsp3) is 0.0714. The van der Waals surface area contributed by atoms with Gasteiger partial charge in [-0.15, -0.1) is 0 Å². The van der Waals surface area contributed by atoms with E-state index in [1.54, 1.807) is 0 Å². The molecule has 56 heavy (non-hydrogen) atoms. The molecule has 0 aliphatic carbocycles. The van der Waals surface area contributed by atoms with Gasteiger partial charge in [0.25, 0.3) is 0 Å². The normalized spacial score (nSPS) is 11.6. The fourth-order valence-electron chi connectivity index (χ4n) is 9.24. The number of aryl methyl sites for hydroxylation is 4. The molecule has 0 nitrogen and oxygen atoms in total. The molecule has 0 aliphatic rings. The van der Waals surface area contributed by atoms with Crippen LogP contribution in [0.15, 0.2) is 182 Å². The summed E-state index contributed by atoms with van der Waals surface area (Å²) in [6, 6.07) is 68.3. The molecule has 266 valence electrons. The second-order valence-corrected chi connectivity index (χ2v) is 15.7. The first-order valence-corrected chi connectivity index (χ1v) is 19.7. The molecule has 0 saturated carbocycles. The van der Waals surface area contributed by atoms with E-state index >= 15 is 0 Å². The van der Waals surface area contributed by atoms with Crippen LogP contribution in [-0.2, 0) is 0 Å². The summed E-state index contributed by atoms with van der Waals surface area (Å²) in [4.78, 5) is 0. The lowest BCUT2D eigenvalue weighted by Crippen LogP contribution is -1.94. The quantitative estimate of drug-likeness (QED) is 0.123. The molecule has 0 saturated heterocycles. The van der Waals surface area contributed by atoms with Crippen molar-refractivity contribution in [3.8, 4) is 55.6 Å². The number of benzene rings is 10. The largest absolute Gasteiger partial charge is 0.0622 e. The Balaban J connectivity index is 1.36. The van der Waals surface area contributed by atoms with Gasteiger partial charge in [0.05, 0.1) is 0 Å². The lowest BCUT2D eigenvalue weighted by molar-refractivity contribution is 1.38. The molecule has 0 radical (unpaired) electrons. The van der Waals surface area contributed by atoms with Crippen LogP contribution in [0.2, 0.25) is 0 Å². The average molecular weight is 715 g/mol. The van der Waals surface area contributed by atoms with E-state index in [2.05, 4.69) is 210 Å². The summed E-state index contributed by atoms with van der Waals surface area (Å²) in [6.07, 6.45) is 0. The standard InChI is InChI=1S/C56H42/c1-35-24-36(2)27-45(26-35)40-17-12-19-43(30-40)55-48-22-10-11-23-49(48)56(44-20-13-18-41(31-44)46-28-37(3)25-38(4)29-46)54-34-52-50(39-14-6-5-7-15-39)32-42-16-8-9-21-47(42)51(52)33-53(54)55/h5-34H,1-4H3. The molecule has 0 amide bonds. The van der Waals surface area contributed by atoms with E-state index < -0.39 is 0 Å². The highest BCUT2D eigenvalue weighted by atomic mass is 14.2. The number of fused-ring (bicyclic) bond motifs is 5. The molecule has 10 rings (SSSR count). The molecule has 0 heterocycles. The maximum atomic E-state index is 2.50. The van der Waals surface area contributed by atoms with Gasteiger partial charge >= 0.3 is 0 Å². The van der Waals surface area contributed by atoms with Crippen LogP contribution >= 0.6 is 0 Å². The van der Waals surface area contributed by atoms with Gasteiger partial charge in [0.1, 0.15) is 0 Å². The van der Waals surface area contributed by atoms with Crippen molar-refractivity contribution in [1.82, 2.24) is 0 Å². The predicted molar refractivity (Wildman–Crippen MR) is 243 cm³/mol. The first-order valence-electron chi connectivity index (χ1n) is 19.7. The third-order valence-electron chi connectivity index (χ3n) is 11.5. The molecule has 0 atom stereocenters. The van der Waals surface area contributed by atoms with E-state index in [0.717, 1.165) is 0 Å². The van der Waals surface area contributed by atoms with Crippen molar-refractivity contribution in [2.45, 2.75) is 27.7 Å². The Morgan fingerprint density at radius 1 is 0.232 bits per heavy atom. The summed E-state index contributed by atoms with van der Waals surface area (Å²) in [5, 5.41) is 10.1. The van der Waals surface area contributed by atoms with Crippen molar-refractivity contribution in [3.05, 3.63) is 204 Å². The minimum atomic E-state index is 1.22. The van der Waals surface area contributed by atoms with Gasteiger partial charge < -0.3 is 0 Å². The lowest BCUT2D eigenvalue weighted by atomic mass is 9.82. The van der Waals surface area contributed by atoms with E-state index in [9.17, 15) is 0 Å². The highest BCUT2D eigenvalue weighted by Gasteiger charge is 2.20. The van der Waals surface area contributed by atoms with Crippen molar-refractivity contribution < 1.29 is 0 Å². The Kier molecular flexibility index (Phi) is 8.15. The van der Waals surface area contributed by atoms with Gasteiger partial charge in [-0.25, -0.2) is 0 Å². The van der Waals surface area contributed by atoms with Gasteiger partial charge in [-0.05, 0) is 157 Å². The summed E-state index contributed by atoms with van der Waals surface area (Å²) in [5.74, 6) is 0. The van der Waals surface area contributed by atoms with Crippen LogP contribution in [0, 0.1) is 27.7 Å². The summed E-state index contributed by atoms with van der Waals surface area (Å²) in [7, 11) is 0. The van der Waals surface area contributed by atoms with Crippen LogP contribution in [0.4, 0.5) is 0 Å². The minimum Gasteiger partial charge on any atom is -0.0622 e. The van der Waals surface area contributed by atoms with Crippen LogP contribution in [0.5, 0.6) is 0 Å². The summed E-state index contributed by atoms with van der Waals surface area (Å²) < 4.78 is 0. The Morgan fingerprint density at radius 3 is 1.20 bits per heavy atom.